The summed E-state index contributed by atoms with van der Waals surface area (Å²) in [7, 11) is 1.69. The highest BCUT2D eigenvalue weighted by atomic mass is 19.1. The summed E-state index contributed by atoms with van der Waals surface area (Å²) in [6, 6.07) is 17.7. The lowest BCUT2D eigenvalue weighted by Crippen LogP contribution is -2.36. The summed E-state index contributed by atoms with van der Waals surface area (Å²) in [5.74, 6) is 2.15. The first kappa shape index (κ1) is 21.1. The number of para-hydroxylation sites is 2. The van der Waals surface area contributed by atoms with Crippen molar-refractivity contribution in [1.29, 1.82) is 0 Å². The van der Waals surface area contributed by atoms with Gasteiger partial charge in [0.2, 0.25) is 5.88 Å². The molecule has 1 aromatic heterocycles. The fraction of sp³-hybridized carbons (Fsp3) is 0.217. The van der Waals surface area contributed by atoms with Crippen LogP contribution in [-0.2, 0) is 13.1 Å². The Balaban J connectivity index is 1.52. The van der Waals surface area contributed by atoms with E-state index < -0.39 is 0 Å². The molecule has 0 bridgehead atoms. The average molecular weight is 408 g/mol. The molecule has 7 heteroatoms. The first-order valence-electron chi connectivity index (χ1n) is 9.71. The molecule has 2 N–H and O–H groups in total. The number of nitrogens with one attached hydrogen (secondary N) is 2. The van der Waals surface area contributed by atoms with Gasteiger partial charge in [-0.25, -0.2) is 9.37 Å². The molecule has 6 nitrogen and oxygen atoms in total. The van der Waals surface area contributed by atoms with E-state index in [1.807, 2.05) is 49.4 Å². The van der Waals surface area contributed by atoms with Crippen molar-refractivity contribution < 1.29 is 13.9 Å². The van der Waals surface area contributed by atoms with Crippen molar-refractivity contribution in [3.05, 3.63) is 83.8 Å². The smallest absolute Gasteiger partial charge is 0.219 e. The second kappa shape index (κ2) is 10.8. The van der Waals surface area contributed by atoms with Crippen molar-refractivity contribution in [2.24, 2.45) is 4.99 Å². The number of rotatable bonds is 8. The van der Waals surface area contributed by atoms with E-state index in [0.29, 0.717) is 43.0 Å². The lowest BCUT2D eigenvalue weighted by atomic mass is 10.2. The first-order valence-corrected chi connectivity index (χ1v) is 9.71. The van der Waals surface area contributed by atoms with E-state index in [2.05, 4.69) is 20.6 Å². The van der Waals surface area contributed by atoms with Gasteiger partial charge in [-0.3, -0.25) is 4.99 Å². The zero-order valence-electron chi connectivity index (χ0n) is 17.1. The number of pyridine rings is 1. The van der Waals surface area contributed by atoms with Gasteiger partial charge in [0.05, 0.1) is 6.61 Å². The number of guanidine groups is 1. The molecule has 0 aliphatic heterocycles. The van der Waals surface area contributed by atoms with Gasteiger partial charge in [-0.15, -0.1) is 0 Å². The Labute approximate surface area is 175 Å². The molecule has 0 radical (unpaired) electrons. The van der Waals surface area contributed by atoms with Crippen LogP contribution in [0.1, 0.15) is 18.1 Å². The van der Waals surface area contributed by atoms with Crippen LogP contribution in [-0.4, -0.2) is 24.6 Å². The van der Waals surface area contributed by atoms with E-state index in [1.165, 1.54) is 12.1 Å². The third-order valence-electron chi connectivity index (χ3n) is 4.19. The maximum Gasteiger partial charge on any atom is 0.219 e. The predicted octanol–water partition coefficient (Wildman–Crippen LogP) is 4.28. The lowest BCUT2D eigenvalue weighted by Gasteiger charge is -2.13. The number of halogens is 1. The SMILES string of the molecule is CCOc1ccccc1Oc1ccc(CNC(=NC)NCc2cccc(F)c2)cn1. The molecule has 0 amide bonds. The minimum atomic E-state index is -0.255. The molecule has 1 heterocycles. The zero-order chi connectivity index (χ0) is 21.2. The van der Waals surface area contributed by atoms with Crippen LogP contribution in [0.4, 0.5) is 4.39 Å². The van der Waals surface area contributed by atoms with E-state index in [9.17, 15) is 4.39 Å². The van der Waals surface area contributed by atoms with Gasteiger partial charge in [-0.05, 0) is 42.3 Å². The molecule has 3 aromatic rings. The van der Waals surface area contributed by atoms with Gasteiger partial charge in [0.1, 0.15) is 5.82 Å². The summed E-state index contributed by atoms with van der Waals surface area (Å²) in [5, 5.41) is 6.37. The Kier molecular flexibility index (Phi) is 7.60. The standard InChI is InChI=1S/C23H25FN4O2/c1-3-29-20-9-4-5-10-21(20)30-22-12-11-18(15-26-22)16-28-23(25-2)27-14-17-7-6-8-19(24)13-17/h4-13,15H,3,14,16H2,1-2H3,(H2,25,27,28). The minimum absolute atomic E-state index is 0.255. The summed E-state index contributed by atoms with van der Waals surface area (Å²) in [6.07, 6.45) is 1.74. The number of aromatic nitrogens is 1. The van der Waals surface area contributed by atoms with Crippen molar-refractivity contribution in [3.63, 3.8) is 0 Å². The number of ether oxygens (including phenoxy) is 2. The second-order valence-corrected chi connectivity index (χ2v) is 6.40. The number of aliphatic imine (C=N–C) groups is 1. The maximum atomic E-state index is 13.3. The van der Waals surface area contributed by atoms with Crippen LogP contribution in [0.2, 0.25) is 0 Å². The normalized spacial score (nSPS) is 11.1. The van der Waals surface area contributed by atoms with E-state index >= 15 is 0 Å². The van der Waals surface area contributed by atoms with Crippen LogP contribution >= 0.6 is 0 Å². The molecule has 0 atom stereocenters. The Morgan fingerprint density at radius 2 is 1.73 bits per heavy atom. The van der Waals surface area contributed by atoms with Crippen molar-refractivity contribution >= 4 is 5.96 Å². The molecule has 0 spiro atoms. The Morgan fingerprint density at radius 1 is 0.967 bits per heavy atom. The van der Waals surface area contributed by atoms with Crippen LogP contribution in [0.25, 0.3) is 0 Å². The topological polar surface area (TPSA) is 67.8 Å². The van der Waals surface area contributed by atoms with Gasteiger partial charge in [0.15, 0.2) is 17.5 Å². The zero-order valence-corrected chi connectivity index (χ0v) is 17.1. The summed E-state index contributed by atoms with van der Waals surface area (Å²) < 4.78 is 24.7. The summed E-state index contributed by atoms with van der Waals surface area (Å²) >= 11 is 0. The van der Waals surface area contributed by atoms with Gasteiger partial charge in [-0.2, -0.15) is 0 Å². The summed E-state index contributed by atoms with van der Waals surface area (Å²) in [6.45, 7) is 3.50. The van der Waals surface area contributed by atoms with E-state index in [0.717, 1.165) is 11.1 Å². The Hall–Kier alpha value is -3.61. The molecule has 0 fully saturated rings. The molecule has 30 heavy (non-hydrogen) atoms. The molecule has 0 saturated heterocycles. The highest BCUT2D eigenvalue weighted by Crippen LogP contribution is 2.30. The monoisotopic (exact) mass is 408 g/mol. The molecule has 0 aliphatic rings. The van der Waals surface area contributed by atoms with E-state index in [1.54, 1.807) is 19.3 Å². The Bertz CT molecular complexity index is 977. The van der Waals surface area contributed by atoms with Gasteiger partial charge >= 0.3 is 0 Å². The lowest BCUT2D eigenvalue weighted by molar-refractivity contribution is 0.319. The third kappa shape index (κ3) is 6.20. The van der Waals surface area contributed by atoms with Crippen molar-refractivity contribution in [1.82, 2.24) is 15.6 Å². The van der Waals surface area contributed by atoms with Gasteiger partial charge in [0, 0.05) is 32.4 Å². The molecule has 0 aliphatic carbocycles. The molecule has 3 rings (SSSR count). The van der Waals surface area contributed by atoms with Crippen LogP contribution < -0.4 is 20.1 Å². The number of benzene rings is 2. The highest BCUT2D eigenvalue weighted by molar-refractivity contribution is 5.79. The number of hydrogen-bond acceptors (Lipinski definition) is 4. The molecule has 156 valence electrons. The number of nitrogens with zero attached hydrogens (tertiary/aromatic N) is 2. The first-order chi connectivity index (χ1) is 14.7. The van der Waals surface area contributed by atoms with Crippen LogP contribution in [0, 0.1) is 5.82 Å². The van der Waals surface area contributed by atoms with Gasteiger partial charge < -0.3 is 20.1 Å². The molecular formula is C23H25FN4O2. The van der Waals surface area contributed by atoms with Crippen molar-refractivity contribution in [3.8, 4) is 17.4 Å². The highest BCUT2D eigenvalue weighted by Gasteiger charge is 2.06. The predicted molar refractivity (Wildman–Crippen MR) is 115 cm³/mol. The van der Waals surface area contributed by atoms with E-state index in [4.69, 9.17) is 9.47 Å². The second-order valence-electron chi connectivity index (χ2n) is 6.40. The van der Waals surface area contributed by atoms with Crippen molar-refractivity contribution in [2.45, 2.75) is 20.0 Å². The Morgan fingerprint density at radius 3 is 2.40 bits per heavy atom. The van der Waals surface area contributed by atoms with Crippen LogP contribution in [0.5, 0.6) is 17.4 Å². The summed E-state index contributed by atoms with van der Waals surface area (Å²) in [4.78, 5) is 8.55. The molecular weight excluding hydrogens is 383 g/mol. The third-order valence-corrected chi connectivity index (χ3v) is 4.19. The molecule has 0 unspecified atom stereocenters. The van der Waals surface area contributed by atoms with E-state index in [-0.39, 0.29) is 5.82 Å². The van der Waals surface area contributed by atoms with Gasteiger partial charge in [0.25, 0.3) is 0 Å². The minimum Gasteiger partial charge on any atom is -0.490 e. The molecule has 2 aromatic carbocycles. The van der Waals surface area contributed by atoms with Crippen LogP contribution in [0.3, 0.4) is 0 Å². The maximum absolute atomic E-state index is 13.3. The summed E-state index contributed by atoms with van der Waals surface area (Å²) in [5.41, 5.74) is 1.81. The van der Waals surface area contributed by atoms with Crippen LogP contribution in [0.15, 0.2) is 71.9 Å². The van der Waals surface area contributed by atoms with Crippen molar-refractivity contribution in [2.75, 3.05) is 13.7 Å². The quantitative estimate of drug-likeness (QED) is 0.430. The van der Waals surface area contributed by atoms with Gasteiger partial charge in [-0.1, -0.05) is 30.3 Å². The largest absolute Gasteiger partial charge is 0.490 e. The number of hydrogen-bond donors (Lipinski definition) is 2. The average Bonchev–Trinajstić information content (AvgIpc) is 2.76. The fourth-order valence-corrected chi connectivity index (χ4v) is 2.74. The fourth-order valence-electron chi connectivity index (χ4n) is 2.74. The molecule has 0 saturated carbocycles.